The SMILES string of the molecule is Cc1ccc(Oc2ccc3c(/C=C/c4ccccc4)nn(COCC[Si](C)(C)C)c3c2)cc1N=C(c1ccccc1)c1ccccc1. The topological polar surface area (TPSA) is 48.6 Å². The van der Waals surface area contributed by atoms with Gasteiger partial charge in [0.25, 0.3) is 0 Å². The Morgan fingerprint density at radius 2 is 1.36 bits per heavy atom. The first-order valence-electron chi connectivity index (χ1n) is 16.1. The summed E-state index contributed by atoms with van der Waals surface area (Å²) in [5.74, 6) is 1.44. The summed E-state index contributed by atoms with van der Waals surface area (Å²) in [5.41, 5.74) is 7.96. The van der Waals surface area contributed by atoms with Gasteiger partial charge in [-0.15, -0.1) is 0 Å². The third-order valence-electron chi connectivity index (χ3n) is 7.94. The van der Waals surface area contributed by atoms with E-state index in [4.69, 9.17) is 19.6 Å². The molecule has 6 rings (SSSR count). The molecule has 0 saturated carbocycles. The molecule has 47 heavy (non-hydrogen) atoms. The zero-order valence-corrected chi connectivity index (χ0v) is 28.6. The molecule has 0 N–H and O–H groups in total. The predicted molar refractivity (Wildman–Crippen MR) is 199 cm³/mol. The number of aliphatic imine (C=N–C) groups is 1. The van der Waals surface area contributed by atoms with Crippen molar-refractivity contribution in [3.63, 3.8) is 0 Å². The first-order chi connectivity index (χ1) is 22.8. The molecule has 1 aromatic heterocycles. The zero-order valence-electron chi connectivity index (χ0n) is 27.6. The molecule has 0 atom stereocenters. The van der Waals surface area contributed by atoms with Gasteiger partial charge in [0, 0.05) is 43.3 Å². The minimum atomic E-state index is -1.20. The second kappa shape index (κ2) is 14.6. The molecule has 0 saturated heterocycles. The molecule has 1 heterocycles. The van der Waals surface area contributed by atoms with E-state index in [2.05, 4.69) is 87.2 Å². The third-order valence-corrected chi connectivity index (χ3v) is 9.64. The molecule has 6 aromatic rings. The summed E-state index contributed by atoms with van der Waals surface area (Å²) in [6.45, 7) is 10.3. The minimum Gasteiger partial charge on any atom is -0.457 e. The van der Waals surface area contributed by atoms with Gasteiger partial charge in [-0.05, 0) is 48.4 Å². The van der Waals surface area contributed by atoms with E-state index in [1.165, 1.54) is 0 Å². The number of hydrogen-bond donors (Lipinski definition) is 0. The number of fused-ring (bicyclic) bond motifs is 1. The van der Waals surface area contributed by atoms with Gasteiger partial charge in [0.2, 0.25) is 0 Å². The molecule has 236 valence electrons. The van der Waals surface area contributed by atoms with Gasteiger partial charge in [-0.3, -0.25) is 0 Å². The Balaban J connectivity index is 1.31. The molecular formula is C41H41N3O2Si. The van der Waals surface area contributed by atoms with Crippen molar-refractivity contribution in [2.45, 2.75) is 39.3 Å². The van der Waals surface area contributed by atoms with Crippen molar-refractivity contribution in [2.75, 3.05) is 6.61 Å². The number of nitrogens with zero attached hydrogens (tertiary/aromatic N) is 3. The summed E-state index contributed by atoms with van der Waals surface area (Å²) in [4.78, 5) is 5.17. The van der Waals surface area contributed by atoms with Gasteiger partial charge in [0.15, 0.2) is 0 Å². The van der Waals surface area contributed by atoms with Crippen LogP contribution in [-0.4, -0.2) is 30.2 Å². The Morgan fingerprint density at radius 1 is 0.745 bits per heavy atom. The first-order valence-corrected chi connectivity index (χ1v) is 19.8. The van der Waals surface area contributed by atoms with E-state index < -0.39 is 8.07 Å². The normalized spacial score (nSPS) is 11.7. The standard InChI is InChI=1S/C41H41N3O2Si/c1-31-20-22-35(28-39(31)42-41(33-16-10-6-11-17-33)34-18-12-7-13-19-34)46-36-23-24-37-38(25-21-32-14-8-5-9-15-32)43-44(40(37)29-36)30-45-26-27-47(2,3)4/h5-25,28-29H,26-27,30H2,1-4H3/b25-21+. The van der Waals surface area contributed by atoms with E-state index in [0.717, 1.165) is 74.4 Å². The maximum atomic E-state index is 6.48. The van der Waals surface area contributed by atoms with Crippen LogP contribution in [0.15, 0.2) is 132 Å². The summed E-state index contributed by atoms with van der Waals surface area (Å²) < 4.78 is 14.5. The van der Waals surface area contributed by atoms with Crippen LogP contribution < -0.4 is 4.74 Å². The van der Waals surface area contributed by atoms with Gasteiger partial charge < -0.3 is 9.47 Å². The van der Waals surface area contributed by atoms with Crippen LogP contribution in [0.1, 0.15) is 27.9 Å². The molecule has 0 radical (unpaired) electrons. The summed E-state index contributed by atoms with van der Waals surface area (Å²) in [6, 6.07) is 44.2. The van der Waals surface area contributed by atoms with Gasteiger partial charge in [0.05, 0.1) is 22.6 Å². The Labute approximate surface area is 278 Å². The second-order valence-corrected chi connectivity index (χ2v) is 18.5. The highest BCUT2D eigenvalue weighted by Gasteiger charge is 2.15. The van der Waals surface area contributed by atoms with Crippen LogP contribution in [0.4, 0.5) is 5.69 Å². The van der Waals surface area contributed by atoms with Gasteiger partial charge in [0.1, 0.15) is 18.2 Å². The average molecular weight is 636 g/mol. The molecule has 6 heteroatoms. The van der Waals surface area contributed by atoms with E-state index in [-0.39, 0.29) is 0 Å². The van der Waals surface area contributed by atoms with Crippen molar-refractivity contribution in [3.8, 4) is 11.5 Å². The number of aryl methyl sites for hydroxylation is 1. The average Bonchev–Trinajstić information content (AvgIpc) is 3.43. The number of ether oxygens (including phenoxy) is 2. The fourth-order valence-electron chi connectivity index (χ4n) is 5.25. The number of aromatic nitrogens is 2. The van der Waals surface area contributed by atoms with E-state index >= 15 is 0 Å². The van der Waals surface area contributed by atoms with Crippen molar-refractivity contribution in [3.05, 3.63) is 155 Å². The summed E-state index contributed by atoms with van der Waals surface area (Å²) in [6.07, 6.45) is 4.16. The lowest BCUT2D eigenvalue weighted by Crippen LogP contribution is -2.22. The molecule has 5 nitrogen and oxygen atoms in total. The summed E-state index contributed by atoms with van der Waals surface area (Å²) in [7, 11) is -1.20. The maximum Gasteiger partial charge on any atom is 0.140 e. The van der Waals surface area contributed by atoms with Gasteiger partial charge >= 0.3 is 0 Å². The molecular weight excluding hydrogens is 595 g/mol. The van der Waals surface area contributed by atoms with Crippen molar-refractivity contribution >= 4 is 42.5 Å². The highest BCUT2D eigenvalue weighted by atomic mass is 28.3. The second-order valence-electron chi connectivity index (χ2n) is 12.9. The number of hydrogen-bond acceptors (Lipinski definition) is 4. The summed E-state index contributed by atoms with van der Waals surface area (Å²) in [5, 5.41) is 5.99. The number of rotatable bonds is 12. The van der Waals surface area contributed by atoms with E-state index in [9.17, 15) is 0 Å². The van der Waals surface area contributed by atoms with E-state index in [1.54, 1.807) is 0 Å². The fraction of sp³-hybridized carbons (Fsp3) is 0.171. The van der Waals surface area contributed by atoms with Crippen LogP contribution in [0, 0.1) is 6.92 Å². The molecule has 0 spiro atoms. The van der Waals surface area contributed by atoms with Gasteiger partial charge in [-0.2, -0.15) is 5.10 Å². The highest BCUT2D eigenvalue weighted by molar-refractivity contribution is 6.76. The summed E-state index contributed by atoms with van der Waals surface area (Å²) >= 11 is 0. The lowest BCUT2D eigenvalue weighted by molar-refractivity contribution is 0.0816. The van der Waals surface area contributed by atoms with Gasteiger partial charge in [-0.25, -0.2) is 9.67 Å². The molecule has 0 aliphatic carbocycles. The van der Waals surface area contributed by atoms with Crippen molar-refractivity contribution in [1.29, 1.82) is 0 Å². The fourth-order valence-corrected chi connectivity index (χ4v) is 6.01. The lowest BCUT2D eigenvalue weighted by Gasteiger charge is -2.15. The van der Waals surface area contributed by atoms with E-state index in [1.807, 2.05) is 83.5 Å². The molecule has 0 fully saturated rings. The van der Waals surface area contributed by atoms with Crippen LogP contribution in [0.2, 0.25) is 25.7 Å². The van der Waals surface area contributed by atoms with Crippen LogP contribution in [-0.2, 0) is 11.5 Å². The zero-order chi connectivity index (χ0) is 32.6. The highest BCUT2D eigenvalue weighted by Crippen LogP contribution is 2.32. The molecule has 0 amide bonds. The molecule has 0 aliphatic rings. The van der Waals surface area contributed by atoms with Crippen LogP contribution in [0.5, 0.6) is 11.5 Å². The van der Waals surface area contributed by atoms with E-state index in [0.29, 0.717) is 6.73 Å². The first kappa shape index (κ1) is 31.9. The number of benzene rings is 5. The maximum absolute atomic E-state index is 6.48. The lowest BCUT2D eigenvalue weighted by atomic mass is 10.0. The third kappa shape index (κ3) is 8.41. The monoisotopic (exact) mass is 635 g/mol. The van der Waals surface area contributed by atoms with Crippen molar-refractivity contribution < 1.29 is 9.47 Å². The predicted octanol–water partition coefficient (Wildman–Crippen LogP) is 10.8. The molecule has 0 aliphatic heterocycles. The van der Waals surface area contributed by atoms with Crippen LogP contribution in [0.3, 0.4) is 0 Å². The molecule has 5 aromatic carbocycles. The minimum absolute atomic E-state index is 0.384. The van der Waals surface area contributed by atoms with Crippen molar-refractivity contribution in [1.82, 2.24) is 9.78 Å². The largest absolute Gasteiger partial charge is 0.457 e. The quantitative estimate of drug-likeness (QED) is 0.0764. The molecule has 0 bridgehead atoms. The Morgan fingerprint density at radius 3 is 2.02 bits per heavy atom. The smallest absolute Gasteiger partial charge is 0.140 e. The van der Waals surface area contributed by atoms with Gasteiger partial charge in [-0.1, -0.05) is 123 Å². The van der Waals surface area contributed by atoms with Crippen LogP contribution in [0.25, 0.3) is 23.1 Å². The molecule has 0 unspecified atom stereocenters. The Hall–Kier alpha value is -5.04. The van der Waals surface area contributed by atoms with Crippen LogP contribution >= 0.6 is 0 Å². The Kier molecular flexibility index (Phi) is 9.91. The van der Waals surface area contributed by atoms with Crippen molar-refractivity contribution in [2.24, 2.45) is 4.99 Å². The Bertz CT molecular complexity index is 1950.